The second kappa shape index (κ2) is 9.06. The molecule has 7 nitrogen and oxygen atoms in total. The van der Waals surface area contributed by atoms with Gasteiger partial charge in [-0.1, -0.05) is 25.0 Å². The van der Waals surface area contributed by atoms with Gasteiger partial charge in [-0.25, -0.2) is 4.98 Å². The van der Waals surface area contributed by atoms with E-state index in [0.717, 1.165) is 61.7 Å². The largest absolute Gasteiger partial charge is 0.497 e. The topological polar surface area (TPSA) is 78.5 Å². The number of benzene rings is 1. The smallest absolute Gasteiger partial charge is 0.254 e. The van der Waals surface area contributed by atoms with Crippen molar-refractivity contribution in [3.63, 3.8) is 0 Å². The molecule has 1 unspecified atom stereocenters. The van der Waals surface area contributed by atoms with Gasteiger partial charge in [-0.3, -0.25) is 14.5 Å². The number of amides is 1. The van der Waals surface area contributed by atoms with Gasteiger partial charge in [-0.2, -0.15) is 0 Å². The average molecular weight is 437 g/mol. The Morgan fingerprint density at radius 3 is 2.69 bits per heavy atom. The first kappa shape index (κ1) is 21.2. The van der Waals surface area contributed by atoms with E-state index < -0.39 is 0 Å². The molecule has 5 rings (SSSR count). The number of rotatable bonds is 5. The van der Waals surface area contributed by atoms with Gasteiger partial charge in [0.15, 0.2) is 0 Å². The molecule has 32 heavy (non-hydrogen) atoms. The van der Waals surface area contributed by atoms with Crippen molar-refractivity contribution in [2.45, 2.75) is 57.5 Å². The molecule has 1 aromatic heterocycles. The number of hydrogen-bond donors (Lipinski definition) is 1. The number of carbonyl (C=O) groups is 1. The minimum atomic E-state index is -0.00494. The van der Waals surface area contributed by atoms with Crippen LogP contribution in [0.3, 0.4) is 0 Å². The van der Waals surface area contributed by atoms with Gasteiger partial charge in [-0.15, -0.1) is 0 Å². The van der Waals surface area contributed by atoms with Crippen LogP contribution in [0.25, 0.3) is 0 Å². The molecule has 1 amide bonds. The van der Waals surface area contributed by atoms with E-state index in [2.05, 4.69) is 22.0 Å². The van der Waals surface area contributed by atoms with Gasteiger partial charge in [0.25, 0.3) is 5.56 Å². The lowest BCUT2D eigenvalue weighted by atomic mass is 10.0. The highest BCUT2D eigenvalue weighted by Crippen LogP contribution is 2.31. The predicted molar refractivity (Wildman–Crippen MR) is 122 cm³/mol. The molecule has 0 bridgehead atoms. The van der Waals surface area contributed by atoms with Crippen molar-refractivity contribution >= 4 is 5.91 Å². The van der Waals surface area contributed by atoms with Crippen molar-refractivity contribution in [2.75, 3.05) is 26.7 Å². The summed E-state index contributed by atoms with van der Waals surface area (Å²) in [6.45, 7) is 3.78. The van der Waals surface area contributed by atoms with Crippen LogP contribution in [0.4, 0.5) is 0 Å². The Labute approximate surface area is 188 Å². The molecule has 170 valence electrons. The fraction of sp³-hybridized carbons (Fsp3) is 0.560. The lowest BCUT2D eigenvalue weighted by molar-refractivity contribution is -0.134. The minimum absolute atomic E-state index is 0.00494. The number of nitrogens with one attached hydrogen (secondary N) is 1. The van der Waals surface area contributed by atoms with Crippen LogP contribution < -0.4 is 10.3 Å². The molecule has 3 aliphatic rings. The number of ether oxygens (including phenoxy) is 1. The Kier molecular flexibility index (Phi) is 6.00. The first-order chi connectivity index (χ1) is 15.6. The van der Waals surface area contributed by atoms with Crippen LogP contribution in [0.15, 0.2) is 29.1 Å². The third-order valence-electron chi connectivity index (χ3n) is 7.33. The first-order valence-corrected chi connectivity index (χ1v) is 11.9. The molecular formula is C25H32N4O3. The lowest BCUT2D eigenvalue weighted by Gasteiger charge is -2.28. The van der Waals surface area contributed by atoms with Crippen molar-refractivity contribution in [1.29, 1.82) is 0 Å². The molecule has 1 saturated carbocycles. The molecule has 2 aromatic rings. The van der Waals surface area contributed by atoms with Crippen molar-refractivity contribution < 1.29 is 9.53 Å². The highest BCUT2D eigenvalue weighted by atomic mass is 16.5. The van der Waals surface area contributed by atoms with Gasteiger partial charge in [0.2, 0.25) is 5.91 Å². The molecule has 2 aliphatic heterocycles. The number of fused-ring (bicyclic) bond motifs is 1. The number of methoxy groups -OCH3 is 1. The van der Waals surface area contributed by atoms with Crippen LogP contribution in [0, 0.1) is 5.92 Å². The molecule has 0 spiro atoms. The number of nitrogens with zero attached hydrogens (tertiary/aromatic N) is 3. The maximum absolute atomic E-state index is 12.8. The Bertz CT molecular complexity index is 1030. The Balaban J connectivity index is 1.27. The number of H-pyrrole nitrogens is 1. The van der Waals surface area contributed by atoms with Crippen LogP contribution in [0.5, 0.6) is 5.75 Å². The van der Waals surface area contributed by atoms with Gasteiger partial charge in [0.05, 0.1) is 12.8 Å². The minimum Gasteiger partial charge on any atom is -0.497 e. The third kappa shape index (κ3) is 4.31. The standard InChI is InChI=1S/C25H32N4O3/c1-32-20-8-6-17(7-9-20)14-28-12-11-21-22(16-28)26-23(27-24(21)30)19-10-13-29(15-19)25(31)18-4-2-3-5-18/h6-9,18-19H,2-5,10-16H2,1H3,(H,26,27,30). The van der Waals surface area contributed by atoms with Crippen molar-refractivity contribution in [2.24, 2.45) is 5.92 Å². The van der Waals surface area contributed by atoms with Crippen LogP contribution in [0.1, 0.15) is 60.7 Å². The highest BCUT2D eigenvalue weighted by molar-refractivity contribution is 5.79. The summed E-state index contributed by atoms with van der Waals surface area (Å²) >= 11 is 0. The number of carbonyl (C=O) groups excluding carboxylic acids is 1. The third-order valence-corrected chi connectivity index (χ3v) is 7.33. The highest BCUT2D eigenvalue weighted by Gasteiger charge is 2.34. The van der Waals surface area contributed by atoms with E-state index >= 15 is 0 Å². The van der Waals surface area contributed by atoms with E-state index in [9.17, 15) is 9.59 Å². The van der Waals surface area contributed by atoms with E-state index in [-0.39, 0.29) is 17.4 Å². The van der Waals surface area contributed by atoms with Crippen LogP contribution >= 0.6 is 0 Å². The summed E-state index contributed by atoms with van der Waals surface area (Å²) in [6.07, 6.45) is 5.97. The molecular weight excluding hydrogens is 404 g/mol. The predicted octanol–water partition coefficient (Wildman–Crippen LogP) is 2.84. The molecule has 0 radical (unpaired) electrons. The second-order valence-electron chi connectivity index (χ2n) is 9.44. The Morgan fingerprint density at radius 2 is 1.94 bits per heavy atom. The maximum atomic E-state index is 12.8. The zero-order valence-electron chi connectivity index (χ0n) is 18.8. The first-order valence-electron chi connectivity index (χ1n) is 11.9. The van der Waals surface area contributed by atoms with Crippen molar-refractivity contribution in [3.05, 3.63) is 57.3 Å². The SMILES string of the molecule is COc1ccc(CN2CCc3c(nc(C4CCN(C(=O)C5CCCC5)C4)[nH]c3=O)C2)cc1. The van der Waals surface area contributed by atoms with E-state index in [4.69, 9.17) is 9.72 Å². The van der Waals surface area contributed by atoms with Gasteiger partial charge in [0.1, 0.15) is 11.6 Å². The molecule has 2 fully saturated rings. The second-order valence-corrected chi connectivity index (χ2v) is 9.44. The Hall–Kier alpha value is -2.67. The van der Waals surface area contributed by atoms with E-state index in [1.807, 2.05) is 17.0 Å². The fourth-order valence-electron chi connectivity index (χ4n) is 5.45. The molecule has 1 N–H and O–H groups in total. The van der Waals surface area contributed by atoms with Crippen LogP contribution in [-0.4, -0.2) is 52.4 Å². The molecule has 3 heterocycles. The maximum Gasteiger partial charge on any atom is 0.254 e. The molecule has 7 heteroatoms. The van der Waals surface area contributed by atoms with Gasteiger partial charge in [0, 0.05) is 50.1 Å². The van der Waals surface area contributed by atoms with Gasteiger partial charge < -0.3 is 14.6 Å². The summed E-state index contributed by atoms with van der Waals surface area (Å²) in [5.74, 6) is 2.23. The monoisotopic (exact) mass is 436 g/mol. The number of aromatic amines is 1. The van der Waals surface area contributed by atoms with E-state index in [1.165, 1.54) is 18.4 Å². The Morgan fingerprint density at radius 1 is 1.16 bits per heavy atom. The quantitative estimate of drug-likeness (QED) is 0.780. The summed E-state index contributed by atoms with van der Waals surface area (Å²) in [7, 11) is 1.67. The number of hydrogen-bond acceptors (Lipinski definition) is 5. The van der Waals surface area contributed by atoms with Crippen molar-refractivity contribution in [1.82, 2.24) is 19.8 Å². The van der Waals surface area contributed by atoms with E-state index in [1.54, 1.807) is 7.11 Å². The summed E-state index contributed by atoms with van der Waals surface area (Å²) < 4.78 is 5.25. The normalized spacial score (nSPS) is 21.7. The van der Waals surface area contributed by atoms with Gasteiger partial charge in [-0.05, 0) is 43.4 Å². The van der Waals surface area contributed by atoms with Crippen molar-refractivity contribution in [3.8, 4) is 5.75 Å². The summed E-state index contributed by atoms with van der Waals surface area (Å²) in [4.78, 5) is 37.9. The molecule has 1 saturated heterocycles. The van der Waals surface area contributed by atoms with E-state index in [0.29, 0.717) is 25.4 Å². The van der Waals surface area contributed by atoms with Crippen LogP contribution in [-0.2, 0) is 24.3 Å². The fourth-order valence-corrected chi connectivity index (χ4v) is 5.45. The van der Waals surface area contributed by atoms with Crippen LogP contribution in [0.2, 0.25) is 0 Å². The summed E-state index contributed by atoms with van der Waals surface area (Å²) in [5, 5.41) is 0. The summed E-state index contributed by atoms with van der Waals surface area (Å²) in [5.41, 5.74) is 2.92. The summed E-state index contributed by atoms with van der Waals surface area (Å²) in [6, 6.07) is 8.12. The number of likely N-dealkylation sites (tertiary alicyclic amines) is 1. The zero-order valence-corrected chi connectivity index (χ0v) is 18.8. The van der Waals surface area contributed by atoms with Gasteiger partial charge >= 0.3 is 0 Å². The number of aromatic nitrogens is 2. The zero-order chi connectivity index (χ0) is 22.1. The molecule has 1 aromatic carbocycles. The molecule has 1 atom stereocenters. The average Bonchev–Trinajstić information content (AvgIpc) is 3.52. The lowest BCUT2D eigenvalue weighted by Crippen LogP contribution is -2.36. The molecule has 1 aliphatic carbocycles.